The number of nitrogens with one attached hydrogen (secondary N) is 2. The molecule has 0 saturated carbocycles. The predicted molar refractivity (Wildman–Crippen MR) is 231 cm³/mol. The summed E-state index contributed by atoms with van der Waals surface area (Å²) in [6, 6.07) is 5.65. The molecule has 0 aliphatic rings. The third-order valence-electron chi connectivity index (χ3n) is 10.5. The van der Waals surface area contributed by atoms with Gasteiger partial charge in [0.05, 0.1) is 61.7 Å². The number of halogens is 1. The molecule has 11 N–H and O–H groups in total. The molecule has 1 aromatic rings. The fourth-order valence-corrected chi connectivity index (χ4v) is 7.08. The highest BCUT2D eigenvalue weighted by Gasteiger charge is 2.25. The van der Waals surface area contributed by atoms with Gasteiger partial charge in [0.1, 0.15) is 18.5 Å². The lowest BCUT2D eigenvalue weighted by Gasteiger charge is -2.23. The second-order valence-electron chi connectivity index (χ2n) is 16.1. The number of hydrogen-bond donors (Lipinski definition) is 10. The summed E-state index contributed by atoms with van der Waals surface area (Å²) in [4.78, 5) is 23.6. The van der Waals surface area contributed by atoms with Gasteiger partial charge in [-0.3, -0.25) is 9.59 Å². The standard InChI is InChI=1S/C44H80ClN3O11/c1-33(51)48-36(30-50)32-59-38-25-23-34(24-26-38)42(55)28-47-44(57)41(54)22-17-21-40(53)43(56)39(45)20-15-11-8-10-14-19-37(52)18-13-9-6-4-2-3-5-7-12-16-27-58-31-35(46)29-49/h23-26,35-37,39-43,49-50,52-56H,2-22,27-32,46H2,1H3,(H,47,57)(H,48,51)/t35-,36-,37?,39+,40-,41-,42-,43-/m0/s1. The average molecular weight is 863 g/mol. The molecule has 14 nitrogen and oxygen atoms in total. The molecular weight excluding hydrogens is 782 g/mol. The largest absolute Gasteiger partial charge is 0.491 e. The summed E-state index contributed by atoms with van der Waals surface area (Å²) in [5, 5.41) is 74.8. The minimum Gasteiger partial charge on any atom is -0.491 e. The van der Waals surface area contributed by atoms with Gasteiger partial charge in [-0.15, -0.1) is 11.6 Å². The van der Waals surface area contributed by atoms with Crippen molar-refractivity contribution < 1.29 is 54.8 Å². The van der Waals surface area contributed by atoms with Crippen molar-refractivity contribution in [1.29, 1.82) is 0 Å². The Balaban J connectivity index is 2.04. The van der Waals surface area contributed by atoms with Crippen molar-refractivity contribution in [1.82, 2.24) is 10.6 Å². The van der Waals surface area contributed by atoms with Crippen LogP contribution in [-0.2, 0) is 14.3 Å². The molecule has 0 aliphatic carbocycles. The number of hydrogen-bond acceptors (Lipinski definition) is 12. The summed E-state index contributed by atoms with van der Waals surface area (Å²) in [6.07, 6.45) is 14.8. The van der Waals surface area contributed by atoms with Crippen molar-refractivity contribution in [3.63, 3.8) is 0 Å². The molecule has 1 unspecified atom stereocenters. The number of carbonyl (C=O) groups is 2. The van der Waals surface area contributed by atoms with E-state index in [2.05, 4.69) is 10.6 Å². The number of benzene rings is 1. The van der Waals surface area contributed by atoms with E-state index in [0.717, 1.165) is 57.8 Å². The highest BCUT2D eigenvalue weighted by Crippen LogP contribution is 2.21. The number of alkyl halides is 1. The number of aliphatic hydroxyl groups is 7. The first kappa shape index (κ1) is 54.9. The fourth-order valence-electron chi connectivity index (χ4n) is 6.76. The van der Waals surface area contributed by atoms with Crippen molar-refractivity contribution in [2.45, 2.75) is 190 Å². The van der Waals surface area contributed by atoms with Crippen LogP contribution >= 0.6 is 11.6 Å². The molecule has 1 aromatic carbocycles. The second kappa shape index (κ2) is 35.5. The molecule has 0 aliphatic heterocycles. The summed E-state index contributed by atoms with van der Waals surface area (Å²) in [5.41, 5.74) is 6.12. The van der Waals surface area contributed by atoms with E-state index in [4.69, 9.17) is 31.9 Å². The summed E-state index contributed by atoms with van der Waals surface area (Å²) >= 11 is 6.40. The second-order valence-corrected chi connectivity index (χ2v) is 16.6. The molecule has 0 bridgehead atoms. The number of carbonyl (C=O) groups excluding carboxylic acids is 2. The SMILES string of the molecule is CC(=O)N[C@@H](CO)COc1ccc([C@@H](O)CNC(=O)[C@@H](O)CCC[C@H](O)[C@@H](O)[C@H](Cl)CCCCCCCC(O)CCCCCCCCCCCCOC[C@@H](N)CO)cc1. The number of rotatable bonds is 39. The van der Waals surface area contributed by atoms with E-state index in [1.165, 1.54) is 58.3 Å². The van der Waals surface area contributed by atoms with Gasteiger partial charge in [0.25, 0.3) is 0 Å². The number of nitrogens with two attached hydrogens (primary N) is 1. The van der Waals surface area contributed by atoms with Gasteiger partial charge in [0.15, 0.2) is 0 Å². The van der Waals surface area contributed by atoms with Crippen molar-refractivity contribution in [2.24, 2.45) is 5.73 Å². The average Bonchev–Trinajstić information content (AvgIpc) is 3.23. The zero-order valence-electron chi connectivity index (χ0n) is 35.7. The maximum atomic E-state index is 12.4. The summed E-state index contributed by atoms with van der Waals surface area (Å²) in [5.74, 6) is -0.464. The first-order chi connectivity index (χ1) is 28.4. The van der Waals surface area contributed by atoms with Crippen molar-refractivity contribution in [3.8, 4) is 5.75 Å². The van der Waals surface area contributed by atoms with Gasteiger partial charge in [-0.05, 0) is 62.6 Å². The zero-order chi connectivity index (χ0) is 43.7. The van der Waals surface area contributed by atoms with Crippen LogP contribution < -0.4 is 21.1 Å². The lowest BCUT2D eigenvalue weighted by Crippen LogP contribution is -2.40. The molecule has 0 saturated heterocycles. The van der Waals surface area contributed by atoms with E-state index in [1.807, 2.05) is 0 Å². The van der Waals surface area contributed by atoms with Crippen LogP contribution in [0.25, 0.3) is 0 Å². The summed E-state index contributed by atoms with van der Waals surface area (Å²) in [6.45, 7) is 2.11. The van der Waals surface area contributed by atoms with Crippen molar-refractivity contribution in [3.05, 3.63) is 29.8 Å². The normalized spacial score (nSPS) is 15.8. The highest BCUT2D eigenvalue weighted by atomic mass is 35.5. The van der Waals surface area contributed by atoms with Crippen LogP contribution in [0.15, 0.2) is 24.3 Å². The van der Waals surface area contributed by atoms with E-state index in [9.17, 15) is 40.2 Å². The van der Waals surface area contributed by atoms with Crippen molar-refractivity contribution >= 4 is 23.4 Å². The third-order valence-corrected chi connectivity index (χ3v) is 11.0. The van der Waals surface area contributed by atoms with E-state index >= 15 is 0 Å². The molecule has 0 fully saturated rings. The molecule has 8 atom stereocenters. The minimum atomic E-state index is -1.34. The Bertz CT molecular complexity index is 1170. The van der Waals surface area contributed by atoms with Crippen molar-refractivity contribution in [2.75, 3.05) is 39.6 Å². The van der Waals surface area contributed by atoms with Gasteiger partial charge in [0.2, 0.25) is 11.8 Å². The van der Waals surface area contributed by atoms with Gasteiger partial charge in [0, 0.05) is 20.1 Å². The number of ether oxygens (including phenoxy) is 2. The molecule has 15 heteroatoms. The first-order valence-electron chi connectivity index (χ1n) is 22.2. The Morgan fingerprint density at radius 3 is 1.78 bits per heavy atom. The van der Waals surface area contributed by atoms with Gasteiger partial charge >= 0.3 is 0 Å². The molecule has 0 spiro atoms. The van der Waals surface area contributed by atoms with Crippen LogP contribution in [0.3, 0.4) is 0 Å². The monoisotopic (exact) mass is 862 g/mol. The van der Waals surface area contributed by atoms with E-state index in [-0.39, 0.29) is 63.7 Å². The topological polar surface area (TPSA) is 244 Å². The van der Waals surface area contributed by atoms with Gasteiger partial charge in [-0.2, -0.15) is 0 Å². The molecule has 344 valence electrons. The molecule has 0 radical (unpaired) electrons. The predicted octanol–water partition coefficient (Wildman–Crippen LogP) is 4.29. The Kier molecular flexibility index (Phi) is 33.0. The molecule has 59 heavy (non-hydrogen) atoms. The van der Waals surface area contributed by atoms with Crippen LogP contribution in [0.5, 0.6) is 5.75 Å². The van der Waals surface area contributed by atoms with E-state index in [0.29, 0.717) is 30.9 Å². The lowest BCUT2D eigenvalue weighted by atomic mass is 9.98. The molecular formula is C44H80ClN3O11. The molecule has 1 rings (SSSR count). The van der Waals surface area contributed by atoms with Gasteiger partial charge < -0.3 is 61.6 Å². The zero-order valence-corrected chi connectivity index (χ0v) is 36.5. The Hall–Kier alpha value is -2.11. The Morgan fingerprint density at radius 1 is 0.695 bits per heavy atom. The number of aliphatic hydroxyl groups excluding tert-OH is 7. The number of unbranched alkanes of at least 4 members (excludes halogenated alkanes) is 13. The van der Waals surface area contributed by atoms with Crippen LogP contribution in [0, 0.1) is 0 Å². The highest BCUT2D eigenvalue weighted by molar-refractivity contribution is 6.21. The fraction of sp³-hybridized carbons (Fsp3) is 0.818. The van der Waals surface area contributed by atoms with E-state index < -0.39 is 41.7 Å². The minimum absolute atomic E-state index is 0.0369. The molecule has 2 amide bonds. The van der Waals surface area contributed by atoms with Gasteiger partial charge in [-0.1, -0.05) is 102 Å². The Morgan fingerprint density at radius 2 is 1.24 bits per heavy atom. The van der Waals surface area contributed by atoms with Crippen LogP contribution in [0.1, 0.15) is 153 Å². The van der Waals surface area contributed by atoms with Gasteiger partial charge in [-0.25, -0.2) is 0 Å². The third kappa shape index (κ3) is 28.9. The number of amides is 2. The van der Waals surface area contributed by atoms with Crippen LogP contribution in [-0.4, -0.2) is 129 Å². The van der Waals surface area contributed by atoms with E-state index in [1.54, 1.807) is 24.3 Å². The first-order valence-corrected chi connectivity index (χ1v) is 22.7. The van der Waals surface area contributed by atoms with Crippen LogP contribution in [0.2, 0.25) is 0 Å². The smallest absolute Gasteiger partial charge is 0.248 e. The van der Waals surface area contributed by atoms with Crippen LogP contribution in [0.4, 0.5) is 0 Å². The lowest BCUT2D eigenvalue weighted by molar-refractivity contribution is -0.130. The summed E-state index contributed by atoms with van der Waals surface area (Å²) < 4.78 is 11.0. The maximum Gasteiger partial charge on any atom is 0.248 e. The maximum absolute atomic E-state index is 12.4. The quantitative estimate of drug-likeness (QED) is 0.0329. The Labute approximate surface area is 358 Å². The molecule has 0 heterocycles. The summed E-state index contributed by atoms with van der Waals surface area (Å²) in [7, 11) is 0. The molecule has 0 aromatic heterocycles.